The van der Waals surface area contributed by atoms with Gasteiger partial charge in [0, 0.05) is 17.2 Å². The number of benzene rings is 3. The molecule has 7 rings (SSSR count). The maximum absolute atomic E-state index is 14.0. The molecule has 0 spiro atoms. The van der Waals surface area contributed by atoms with Gasteiger partial charge in [-0.05, 0) is 72.9 Å². The Morgan fingerprint density at radius 2 is 1.88 bits per heavy atom. The Kier molecular flexibility index (Phi) is 6.91. The molecule has 0 saturated heterocycles. The number of hydrogen-bond acceptors (Lipinski definition) is 7. The number of fused-ring (bicyclic) bond motifs is 3. The van der Waals surface area contributed by atoms with Gasteiger partial charge in [0.2, 0.25) is 0 Å². The molecule has 7 nitrogen and oxygen atoms in total. The van der Waals surface area contributed by atoms with Crippen LogP contribution in [0.5, 0.6) is 5.75 Å². The van der Waals surface area contributed by atoms with E-state index in [4.69, 9.17) is 18.9 Å². The predicted octanol–water partition coefficient (Wildman–Crippen LogP) is 5.76. The minimum atomic E-state index is -0.381. The fourth-order valence-electron chi connectivity index (χ4n) is 5.84. The normalized spacial score (nSPS) is 15.8. The van der Waals surface area contributed by atoms with Gasteiger partial charge in [-0.2, -0.15) is 0 Å². The number of methoxy groups -OCH3 is 1. The van der Waals surface area contributed by atoms with Gasteiger partial charge < -0.3 is 13.9 Å². The van der Waals surface area contributed by atoms with E-state index in [-0.39, 0.29) is 17.6 Å². The third-order valence-corrected chi connectivity index (χ3v) is 8.85. The van der Waals surface area contributed by atoms with Gasteiger partial charge >= 0.3 is 5.97 Å². The van der Waals surface area contributed by atoms with Crippen molar-refractivity contribution in [3.8, 4) is 17.1 Å². The fourth-order valence-corrected chi connectivity index (χ4v) is 6.82. The number of ether oxygens (including phenoxy) is 2. The van der Waals surface area contributed by atoms with E-state index in [9.17, 15) is 9.59 Å². The van der Waals surface area contributed by atoms with Gasteiger partial charge in [0.15, 0.2) is 4.80 Å². The summed E-state index contributed by atoms with van der Waals surface area (Å²) in [6.07, 6.45) is 3.49. The minimum Gasteiger partial charge on any atom is -0.497 e. The first-order chi connectivity index (χ1) is 21.0. The summed E-state index contributed by atoms with van der Waals surface area (Å²) in [6, 6.07) is 26.8. The average Bonchev–Trinajstić information content (AvgIpc) is 3.64. The van der Waals surface area contributed by atoms with Gasteiger partial charge in [0.05, 0.1) is 35.6 Å². The number of aryl methyl sites for hydroxylation is 1. The zero-order valence-electron chi connectivity index (χ0n) is 23.7. The lowest BCUT2D eigenvalue weighted by Gasteiger charge is -2.30. The van der Waals surface area contributed by atoms with Crippen LogP contribution >= 0.6 is 11.3 Å². The topological polar surface area (TPSA) is 83.0 Å². The van der Waals surface area contributed by atoms with Crippen molar-refractivity contribution in [3.05, 3.63) is 138 Å². The molecule has 1 aliphatic heterocycles. The molecule has 5 aromatic rings. The molecule has 1 aliphatic carbocycles. The van der Waals surface area contributed by atoms with Crippen molar-refractivity contribution in [2.45, 2.75) is 25.8 Å². The van der Waals surface area contributed by atoms with E-state index in [1.807, 2.05) is 53.1 Å². The Balaban J connectivity index is 1.33. The van der Waals surface area contributed by atoms with Gasteiger partial charge in [-0.1, -0.05) is 59.9 Å². The van der Waals surface area contributed by atoms with E-state index in [1.165, 1.54) is 16.9 Å². The number of allylic oxidation sites excluding steroid dienone is 1. The van der Waals surface area contributed by atoms with E-state index in [0.29, 0.717) is 33.0 Å². The van der Waals surface area contributed by atoms with E-state index in [0.717, 1.165) is 46.6 Å². The van der Waals surface area contributed by atoms with Gasteiger partial charge in [-0.25, -0.2) is 9.79 Å². The summed E-state index contributed by atoms with van der Waals surface area (Å²) < 4.78 is 19.0. The maximum atomic E-state index is 14.0. The minimum absolute atomic E-state index is 0.114. The summed E-state index contributed by atoms with van der Waals surface area (Å²) in [4.78, 5) is 32.0. The molecule has 0 amide bonds. The van der Waals surface area contributed by atoms with Crippen molar-refractivity contribution < 1.29 is 18.7 Å². The molecule has 3 aromatic carbocycles. The van der Waals surface area contributed by atoms with Crippen molar-refractivity contribution in [2.75, 3.05) is 13.7 Å². The van der Waals surface area contributed by atoms with Crippen molar-refractivity contribution in [3.63, 3.8) is 0 Å². The van der Waals surface area contributed by atoms with Crippen molar-refractivity contribution in [1.29, 1.82) is 0 Å². The smallest absolute Gasteiger partial charge is 0.338 e. The molecule has 0 bridgehead atoms. The average molecular weight is 589 g/mol. The molecule has 43 heavy (non-hydrogen) atoms. The van der Waals surface area contributed by atoms with Gasteiger partial charge in [0.1, 0.15) is 17.3 Å². The summed E-state index contributed by atoms with van der Waals surface area (Å²) in [7, 11) is 1.65. The molecule has 0 unspecified atom stereocenters. The fraction of sp³-hybridized carbons (Fsp3) is 0.171. The predicted molar refractivity (Wildman–Crippen MR) is 166 cm³/mol. The molecule has 8 heteroatoms. The lowest BCUT2D eigenvalue weighted by Crippen LogP contribution is -2.38. The summed E-state index contributed by atoms with van der Waals surface area (Å²) in [5.41, 5.74) is 6.59. The lowest BCUT2D eigenvalue weighted by molar-refractivity contribution is 0.0526. The maximum Gasteiger partial charge on any atom is 0.338 e. The summed E-state index contributed by atoms with van der Waals surface area (Å²) >= 11 is 1.36. The van der Waals surface area contributed by atoms with Gasteiger partial charge in [0.25, 0.3) is 5.56 Å². The van der Waals surface area contributed by atoms with Crippen LogP contribution in [0.2, 0.25) is 0 Å². The van der Waals surface area contributed by atoms with Crippen LogP contribution < -0.4 is 19.6 Å². The number of nitrogens with zero attached hydrogens (tertiary/aromatic N) is 2. The van der Waals surface area contributed by atoms with Gasteiger partial charge in [-0.3, -0.25) is 9.36 Å². The molecular weight excluding hydrogens is 560 g/mol. The summed E-state index contributed by atoms with van der Waals surface area (Å²) in [5.74, 6) is 1.51. The van der Waals surface area contributed by atoms with Gasteiger partial charge in [-0.15, -0.1) is 0 Å². The van der Waals surface area contributed by atoms with Crippen LogP contribution in [0.3, 0.4) is 0 Å². The lowest BCUT2D eigenvalue weighted by atomic mass is 9.83. The number of esters is 1. The number of aromatic nitrogens is 1. The van der Waals surface area contributed by atoms with Crippen molar-refractivity contribution >= 4 is 29.1 Å². The molecule has 0 fully saturated rings. The van der Waals surface area contributed by atoms with Crippen molar-refractivity contribution in [1.82, 2.24) is 4.57 Å². The highest BCUT2D eigenvalue weighted by atomic mass is 32.1. The molecular formula is C35H28N2O5S. The highest BCUT2D eigenvalue weighted by Crippen LogP contribution is 2.41. The standard InChI is InChI=1S/C35H28N2O5S/c1-3-41-34(39)24-9-6-8-23(19-24)29-18-16-26(42-29)20-30-33(38)37-32(22-11-14-25(40-2)15-12-22)28-17-13-21-7-4-5-10-27(21)31(28)36-35(37)43-30/h4-12,14-16,18-20,32H,3,13,17H2,1-2H3/b30-20-/t32-/m0/s1. The van der Waals surface area contributed by atoms with Crippen LogP contribution in [0.1, 0.15) is 52.2 Å². The number of rotatable bonds is 6. The summed E-state index contributed by atoms with van der Waals surface area (Å²) in [6.45, 7) is 2.08. The van der Waals surface area contributed by atoms with E-state index >= 15 is 0 Å². The Morgan fingerprint density at radius 3 is 2.70 bits per heavy atom. The van der Waals surface area contributed by atoms with Crippen molar-refractivity contribution in [2.24, 2.45) is 4.99 Å². The SMILES string of the molecule is CCOC(=O)c1cccc(-c2ccc(/C=c3\sc4n(c3=O)[C@@H](c3ccc(OC)cc3)C3=C(N=4)c4ccccc4CC3)o2)c1. The third kappa shape index (κ3) is 4.83. The second-order valence-corrected chi connectivity index (χ2v) is 11.4. The summed E-state index contributed by atoms with van der Waals surface area (Å²) in [5, 5.41) is 0. The Labute approximate surface area is 251 Å². The monoisotopic (exact) mass is 588 g/mol. The first kappa shape index (κ1) is 26.9. The molecule has 3 heterocycles. The number of furan rings is 1. The first-order valence-corrected chi connectivity index (χ1v) is 15.0. The number of hydrogen-bond donors (Lipinski definition) is 0. The molecule has 2 aliphatic rings. The zero-order chi connectivity index (χ0) is 29.5. The number of carbonyl (C=O) groups is 1. The van der Waals surface area contributed by atoms with Crippen LogP contribution in [0.25, 0.3) is 23.1 Å². The van der Waals surface area contributed by atoms with Crippen LogP contribution in [-0.4, -0.2) is 24.3 Å². The van der Waals surface area contributed by atoms with Crippen LogP contribution in [0.4, 0.5) is 0 Å². The third-order valence-electron chi connectivity index (χ3n) is 7.86. The molecule has 1 atom stereocenters. The molecule has 0 radical (unpaired) electrons. The highest BCUT2D eigenvalue weighted by molar-refractivity contribution is 7.07. The molecule has 0 saturated carbocycles. The molecule has 2 aromatic heterocycles. The van der Waals surface area contributed by atoms with E-state index in [1.54, 1.807) is 38.3 Å². The second-order valence-electron chi connectivity index (χ2n) is 10.4. The number of thiazole rings is 1. The Morgan fingerprint density at radius 1 is 1.05 bits per heavy atom. The first-order valence-electron chi connectivity index (χ1n) is 14.2. The highest BCUT2D eigenvalue weighted by Gasteiger charge is 2.32. The second kappa shape index (κ2) is 11.0. The van der Waals surface area contributed by atoms with E-state index in [2.05, 4.69) is 18.2 Å². The largest absolute Gasteiger partial charge is 0.497 e. The quantitative estimate of drug-likeness (QED) is 0.236. The van der Waals surface area contributed by atoms with Crippen LogP contribution in [-0.2, 0) is 11.2 Å². The van der Waals surface area contributed by atoms with Crippen LogP contribution in [0.15, 0.2) is 105 Å². The molecule has 214 valence electrons. The van der Waals surface area contributed by atoms with E-state index < -0.39 is 0 Å². The zero-order valence-corrected chi connectivity index (χ0v) is 24.5. The number of carbonyl (C=O) groups excluding carboxylic acids is 1. The van der Waals surface area contributed by atoms with Crippen LogP contribution in [0, 0.1) is 0 Å². The Hall–Kier alpha value is -4.95. The molecule has 0 N–H and O–H groups in total. The Bertz CT molecular complexity index is 2080.